The summed E-state index contributed by atoms with van der Waals surface area (Å²) in [7, 11) is 0. The zero-order chi connectivity index (χ0) is 15.4. The summed E-state index contributed by atoms with van der Waals surface area (Å²) in [5.41, 5.74) is 2.66. The van der Waals surface area contributed by atoms with E-state index in [0.717, 1.165) is 42.9 Å². The molecule has 2 amide bonds. The quantitative estimate of drug-likeness (QED) is 0.894. The zero-order valence-electron chi connectivity index (χ0n) is 12.9. The van der Waals surface area contributed by atoms with E-state index < -0.39 is 0 Å². The molecule has 5 heteroatoms. The van der Waals surface area contributed by atoms with Gasteiger partial charge in [-0.3, -0.25) is 9.59 Å². The van der Waals surface area contributed by atoms with Crippen molar-refractivity contribution in [1.29, 1.82) is 0 Å². The fourth-order valence-corrected chi connectivity index (χ4v) is 2.61. The SMILES string of the molecule is CC(=O)Nc1ccc(N[C@H](C)C(=O)N2CCCC2)cc1C. The summed E-state index contributed by atoms with van der Waals surface area (Å²) >= 11 is 0. The van der Waals surface area contributed by atoms with E-state index in [0.29, 0.717) is 0 Å². The zero-order valence-corrected chi connectivity index (χ0v) is 12.9. The van der Waals surface area contributed by atoms with E-state index in [1.54, 1.807) is 0 Å². The van der Waals surface area contributed by atoms with E-state index in [4.69, 9.17) is 0 Å². The topological polar surface area (TPSA) is 61.4 Å². The average Bonchev–Trinajstić information content (AvgIpc) is 2.94. The van der Waals surface area contributed by atoms with Crippen molar-refractivity contribution in [2.24, 2.45) is 0 Å². The first-order valence-corrected chi connectivity index (χ1v) is 7.41. The fraction of sp³-hybridized carbons (Fsp3) is 0.500. The standard InChI is InChI=1S/C16H23N3O2/c1-11-10-14(6-7-15(11)18-13(3)20)17-12(2)16(21)19-8-4-5-9-19/h6-7,10,12,17H,4-5,8-9H2,1-3H3,(H,18,20)/t12-/m1/s1. The number of carbonyl (C=O) groups excluding carboxylic acids is 2. The average molecular weight is 289 g/mol. The van der Waals surface area contributed by atoms with Crippen LogP contribution in [-0.2, 0) is 9.59 Å². The minimum absolute atomic E-state index is 0.0867. The first-order valence-electron chi connectivity index (χ1n) is 7.41. The molecule has 2 N–H and O–H groups in total. The van der Waals surface area contributed by atoms with Crippen molar-refractivity contribution in [2.75, 3.05) is 23.7 Å². The lowest BCUT2D eigenvalue weighted by atomic mass is 10.1. The molecule has 114 valence electrons. The van der Waals surface area contributed by atoms with Gasteiger partial charge in [-0.25, -0.2) is 0 Å². The van der Waals surface area contributed by atoms with E-state index in [2.05, 4.69) is 10.6 Å². The minimum Gasteiger partial charge on any atom is -0.374 e. The molecule has 1 heterocycles. The van der Waals surface area contributed by atoms with Gasteiger partial charge in [0.25, 0.3) is 0 Å². The Labute approximate surface area is 125 Å². The summed E-state index contributed by atoms with van der Waals surface area (Å²) in [6.07, 6.45) is 2.20. The Morgan fingerprint density at radius 3 is 2.48 bits per heavy atom. The Morgan fingerprint density at radius 1 is 1.24 bits per heavy atom. The summed E-state index contributed by atoms with van der Waals surface area (Å²) in [5, 5.41) is 6.02. The van der Waals surface area contributed by atoms with Gasteiger partial charge in [0, 0.05) is 31.4 Å². The second kappa shape index (κ2) is 6.61. The number of aryl methyl sites for hydroxylation is 1. The molecular formula is C16H23N3O2. The molecule has 1 aromatic rings. The molecule has 1 fully saturated rings. The molecule has 0 radical (unpaired) electrons. The van der Waals surface area contributed by atoms with Crippen molar-refractivity contribution in [3.05, 3.63) is 23.8 Å². The van der Waals surface area contributed by atoms with Crippen molar-refractivity contribution >= 4 is 23.2 Å². The highest BCUT2D eigenvalue weighted by atomic mass is 16.2. The van der Waals surface area contributed by atoms with Crippen molar-refractivity contribution in [1.82, 2.24) is 4.90 Å². The number of amides is 2. The molecular weight excluding hydrogens is 266 g/mol. The van der Waals surface area contributed by atoms with E-state index in [1.807, 2.05) is 36.9 Å². The first kappa shape index (κ1) is 15.4. The number of nitrogens with zero attached hydrogens (tertiary/aromatic N) is 1. The number of likely N-dealkylation sites (tertiary alicyclic amines) is 1. The van der Waals surface area contributed by atoms with Gasteiger partial charge in [0.1, 0.15) is 6.04 Å². The van der Waals surface area contributed by atoms with Gasteiger partial charge in [-0.15, -0.1) is 0 Å². The van der Waals surface area contributed by atoms with Gasteiger partial charge >= 0.3 is 0 Å². The van der Waals surface area contributed by atoms with Crippen LogP contribution in [0, 0.1) is 6.92 Å². The number of carbonyl (C=O) groups is 2. The van der Waals surface area contributed by atoms with Crippen LogP contribution >= 0.6 is 0 Å². The van der Waals surface area contributed by atoms with Crippen molar-refractivity contribution in [2.45, 2.75) is 39.7 Å². The Morgan fingerprint density at radius 2 is 1.90 bits per heavy atom. The second-order valence-corrected chi connectivity index (χ2v) is 5.61. The van der Waals surface area contributed by atoms with Crippen LogP contribution in [0.3, 0.4) is 0 Å². The van der Waals surface area contributed by atoms with Crippen LogP contribution in [0.15, 0.2) is 18.2 Å². The molecule has 0 aromatic heterocycles. The predicted molar refractivity (Wildman–Crippen MR) is 84.4 cm³/mol. The van der Waals surface area contributed by atoms with Gasteiger partial charge in [-0.1, -0.05) is 0 Å². The van der Waals surface area contributed by atoms with E-state index in [1.165, 1.54) is 6.92 Å². The largest absolute Gasteiger partial charge is 0.374 e. The molecule has 0 saturated carbocycles. The van der Waals surface area contributed by atoms with Crippen LogP contribution in [0.5, 0.6) is 0 Å². The molecule has 1 aromatic carbocycles. The second-order valence-electron chi connectivity index (χ2n) is 5.61. The Bertz CT molecular complexity index is 536. The summed E-state index contributed by atoms with van der Waals surface area (Å²) < 4.78 is 0. The van der Waals surface area contributed by atoms with E-state index in [-0.39, 0.29) is 17.9 Å². The molecule has 21 heavy (non-hydrogen) atoms. The van der Waals surface area contributed by atoms with Gasteiger partial charge in [0.2, 0.25) is 11.8 Å². The normalized spacial score (nSPS) is 15.7. The van der Waals surface area contributed by atoms with Crippen LogP contribution in [-0.4, -0.2) is 35.8 Å². The van der Waals surface area contributed by atoms with Crippen molar-refractivity contribution in [3.63, 3.8) is 0 Å². The van der Waals surface area contributed by atoms with Crippen LogP contribution in [0.2, 0.25) is 0 Å². The highest BCUT2D eigenvalue weighted by Crippen LogP contribution is 2.21. The summed E-state index contributed by atoms with van der Waals surface area (Å²) in [6.45, 7) is 7.04. The summed E-state index contributed by atoms with van der Waals surface area (Å²) in [5.74, 6) is 0.0625. The number of anilines is 2. The maximum atomic E-state index is 12.3. The van der Waals surface area contributed by atoms with Crippen LogP contribution < -0.4 is 10.6 Å². The van der Waals surface area contributed by atoms with Crippen LogP contribution in [0.1, 0.15) is 32.3 Å². The molecule has 1 aliphatic heterocycles. The maximum absolute atomic E-state index is 12.3. The molecule has 0 unspecified atom stereocenters. The van der Waals surface area contributed by atoms with Crippen molar-refractivity contribution in [3.8, 4) is 0 Å². The molecule has 1 atom stereocenters. The Kier molecular flexibility index (Phi) is 4.83. The van der Waals surface area contributed by atoms with Gasteiger partial charge in [-0.05, 0) is 50.5 Å². The lowest BCUT2D eigenvalue weighted by Crippen LogP contribution is -2.39. The smallest absolute Gasteiger partial charge is 0.244 e. The highest BCUT2D eigenvalue weighted by molar-refractivity contribution is 5.90. The Hall–Kier alpha value is -2.04. The lowest BCUT2D eigenvalue weighted by Gasteiger charge is -2.22. The molecule has 0 spiro atoms. The summed E-state index contributed by atoms with van der Waals surface area (Å²) in [4.78, 5) is 25.3. The van der Waals surface area contributed by atoms with E-state index >= 15 is 0 Å². The number of rotatable bonds is 4. The van der Waals surface area contributed by atoms with Gasteiger partial charge in [0.05, 0.1) is 0 Å². The van der Waals surface area contributed by atoms with E-state index in [9.17, 15) is 9.59 Å². The molecule has 2 rings (SSSR count). The number of hydrogen-bond donors (Lipinski definition) is 2. The maximum Gasteiger partial charge on any atom is 0.244 e. The van der Waals surface area contributed by atoms with Crippen molar-refractivity contribution < 1.29 is 9.59 Å². The predicted octanol–water partition coefficient (Wildman–Crippen LogP) is 2.38. The third kappa shape index (κ3) is 3.97. The minimum atomic E-state index is -0.242. The van der Waals surface area contributed by atoms with Gasteiger partial charge < -0.3 is 15.5 Å². The highest BCUT2D eigenvalue weighted by Gasteiger charge is 2.23. The number of nitrogens with one attached hydrogen (secondary N) is 2. The lowest BCUT2D eigenvalue weighted by molar-refractivity contribution is -0.130. The third-order valence-corrected chi connectivity index (χ3v) is 3.71. The molecule has 5 nitrogen and oxygen atoms in total. The molecule has 0 bridgehead atoms. The molecule has 0 aliphatic carbocycles. The van der Waals surface area contributed by atoms with Gasteiger partial charge in [0.15, 0.2) is 0 Å². The van der Waals surface area contributed by atoms with Gasteiger partial charge in [-0.2, -0.15) is 0 Å². The number of hydrogen-bond acceptors (Lipinski definition) is 3. The van der Waals surface area contributed by atoms with Crippen LogP contribution in [0.25, 0.3) is 0 Å². The fourth-order valence-electron chi connectivity index (χ4n) is 2.61. The monoisotopic (exact) mass is 289 g/mol. The third-order valence-electron chi connectivity index (χ3n) is 3.71. The molecule has 1 aliphatic rings. The van der Waals surface area contributed by atoms with Crippen LogP contribution in [0.4, 0.5) is 11.4 Å². The Balaban J connectivity index is 2.00. The number of benzene rings is 1. The first-order chi connectivity index (χ1) is 9.97. The molecule has 1 saturated heterocycles. The summed E-state index contributed by atoms with van der Waals surface area (Å²) in [6, 6.07) is 5.44.